The summed E-state index contributed by atoms with van der Waals surface area (Å²) in [4.78, 5) is 12.4. The van der Waals surface area contributed by atoms with E-state index < -0.39 is 6.10 Å². The number of aromatic nitrogens is 1. The fraction of sp³-hybridized carbons (Fsp3) is 0.105. The molecule has 0 radical (unpaired) electrons. The fourth-order valence-corrected chi connectivity index (χ4v) is 2.42. The van der Waals surface area contributed by atoms with E-state index in [1.165, 1.54) is 0 Å². The van der Waals surface area contributed by atoms with Crippen LogP contribution in [0.2, 0.25) is 0 Å². The lowest BCUT2D eigenvalue weighted by molar-refractivity contribution is 0.0367. The molecule has 2 aromatic carbocycles. The van der Waals surface area contributed by atoms with Crippen LogP contribution in [0.5, 0.6) is 0 Å². The van der Waals surface area contributed by atoms with Crippen molar-refractivity contribution < 1.29 is 9.53 Å². The number of carbonyl (C=O) groups excluding carboxylic acids is 1. The molecule has 3 nitrogen and oxygen atoms in total. The molecular formula is C19H17NO2. The lowest BCUT2D eigenvalue weighted by Crippen LogP contribution is -2.15. The third-order valence-electron chi connectivity index (χ3n) is 3.58. The lowest BCUT2D eigenvalue weighted by atomic mass is 10.0. The summed E-state index contributed by atoms with van der Waals surface area (Å²) < 4.78 is 7.55. The molecule has 1 heterocycles. The Morgan fingerprint density at radius 3 is 1.86 bits per heavy atom. The second-order valence-corrected chi connectivity index (χ2v) is 5.11. The molecule has 3 rings (SSSR count). The van der Waals surface area contributed by atoms with Gasteiger partial charge in [-0.1, -0.05) is 60.7 Å². The minimum Gasteiger partial charge on any atom is -0.448 e. The molecule has 0 amide bonds. The minimum absolute atomic E-state index is 0.329. The molecule has 0 bridgehead atoms. The first-order valence-corrected chi connectivity index (χ1v) is 7.18. The van der Waals surface area contributed by atoms with E-state index in [1.54, 1.807) is 10.6 Å². The lowest BCUT2D eigenvalue weighted by Gasteiger charge is -2.19. The van der Waals surface area contributed by atoms with E-state index in [-0.39, 0.29) is 5.97 Å². The van der Waals surface area contributed by atoms with E-state index in [2.05, 4.69) is 0 Å². The van der Waals surface area contributed by atoms with Crippen LogP contribution in [-0.4, -0.2) is 10.5 Å². The average molecular weight is 291 g/mol. The van der Waals surface area contributed by atoms with Gasteiger partial charge in [-0.3, -0.25) is 0 Å². The molecule has 0 aliphatic carbocycles. The predicted octanol–water partition coefficient (Wildman–Crippen LogP) is 3.97. The first-order chi connectivity index (χ1) is 10.8. The molecule has 0 aliphatic heterocycles. The normalized spacial score (nSPS) is 10.6. The van der Waals surface area contributed by atoms with Crippen molar-refractivity contribution in [1.29, 1.82) is 0 Å². The van der Waals surface area contributed by atoms with Crippen molar-refractivity contribution in [3.05, 3.63) is 95.8 Å². The highest BCUT2D eigenvalue weighted by Gasteiger charge is 2.20. The molecule has 0 atom stereocenters. The number of esters is 1. The molecule has 0 unspecified atom stereocenters. The van der Waals surface area contributed by atoms with E-state index in [9.17, 15) is 4.79 Å². The van der Waals surface area contributed by atoms with Gasteiger partial charge < -0.3 is 9.30 Å². The van der Waals surface area contributed by atoms with Gasteiger partial charge >= 0.3 is 5.97 Å². The summed E-state index contributed by atoms with van der Waals surface area (Å²) in [7, 11) is 1.83. The maximum absolute atomic E-state index is 12.4. The summed E-state index contributed by atoms with van der Waals surface area (Å²) in [6.45, 7) is 0. The van der Waals surface area contributed by atoms with Gasteiger partial charge in [0.1, 0.15) is 5.69 Å². The molecule has 1 aromatic heterocycles. The zero-order valence-electron chi connectivity index (χ0n) is 12.3. The van der Waals surface area contributed by atoms with Crippen molar-refractivity contribution in [2.75, 3.05) is 0 Å². The number of carbonyl (C=O) groups is 1. The predicted molar refractivity (Wildman–Crippen MR) is 85.6 cm³/mol. The smallest absolute Gasteiger partial charge is 0.355 e. The SMILES string of the molecule is Cn1cccc1C(=O)OC(c1ccccc1)c1ccccc1. The summed E-state index contributed by atoms with van der Waals surface area (Å²) in [6.07, 6.45) is 1.42. The number of hydrogen-bond donors (Lipinski definition) is 0. The highest BCUT2D eigenvalue weighted by molar-refractivity contribution is 5.88. The Kier molecular flexibility index (Phi) is 4.05. The Labute approximate surface area is 129 Å². The third-order valence-corrected chi connectivity index (χ3v) is 3.58. The van der Waals surface area contributed by atoms with Gasteiger partial charge in [-0.2, -0.15) is 0 Å². The van der Waals surface area contributed by atoms with E-state index in [1.807, 2.05) is 80.0 Å². The summed E-state index contributed by atoms with van der Waals surface area (Å²) in [5, 5.41) is 0. The van der Waals surface area contributed by atoms with Crippen molar-refractivity contribution in [3.8, 4) is 0 Å². The molecule has 0 saturated carbocycles. The van der Waals surface area contributed by atoms with Crippen molar-refractivity contribution >= 4 is 5.97 Å². The van der Waals surface area contributed by atoms with Crippen LogP contribution in [0.4, 0.5) is 0 Å². The van der Waals surface area contributed by atoms with Crippen molar-refractivity contribution in [2.24, 2.45) is 7.05 Å². The van der Waals surface area contributed by atoms with Crippen molar-refractivity contribution in [2.45, 2.75) is 6.10 Å². The van der Waals surface area contributed by atoms with Gasteiger partial charge in [-0.05, 0) is 23.3 Å². The highest BCUT2D eigenvalue weighted by Crippen LogP contribution is 2.26. The molecule has 0 spiro atoms. The van der Waals surface area contributed by atoms with Crippen LogP contribution in [0.25, 0.3) is 0 Å². The maximum Gasteiger partial charge on any atom is 0.355 e. The fourth-order valence-electron chi connectivity index (χ4n) is 2.42. The number of ether oxygens (including phenoxy) is 1. The molecule has 22 heavy (non-hydrogen) atoms. The van der Waals surface area contributed by atoms with Gasteiger partial charge in [-0.25, -0.2) is 4.79 Å². The average Bonchev–Trinajstić information content (AvgIpc) is 3.00. The van der Waals surface area contributed by atoms with Crippen LogP contribution in [-0.2, 0) is 11.8 Å². The monoisotopic (exact) mass is 291 g/mol. The Bertz CT molecular complexity index is 708. The van der Waals surface area contributed by atoms with E-state index in [4.69, 9.17) is 4.74 Å². The number of aryl methyl sites for hydroxylation is 1. The molecule has 0 N–H and O–H groups in total. The zero-order chi connectivity index (χ0) is 15.4. The standard InChI is InChI=1S/C19H17NO2/c1-20-14-8-13-17(20)19(21)22-18(15-9-4-2-5-10-15)16-11-6-3-7-12-16/h2-14,18H,1H3. The van der Waals surface area contributed by atoms with E-state index >= 15 is 0 Å². The van der Waals surface area contributed by atoms with Crippen LogP contribution < -0.4 is 0 Å². The maximum atomic E-state index is 12.4. The first kappa shape index (κ1) is 14.1. The van der Waals surface area contributed by atoms with Gasteiger partial charge in [-0.15, -0.1) is 0 Å². The Morgan fingerprint density at radius 1 is 0.864 bits per heavy atom. The van der Waals surface area contributed by atoms with Crippen molar-refractivity contribution in [1.82, 2.24) is 4.57 Å². The van der Waals surface area contributed by atoms with Gasteiger partial charge in [0.2, 0.25) is 0 Å². The van der Waals surface area contributed by atoms with Gasteiger partial charge in [0.15, 0.2) is 6.10 Å². The van der Waals surface area contributed by atoms with Crippen LogP contribution in [0.1, 0.15) is 27.7 Å². The van der Waals surface area contributed by atoms with E-state index in [0.29, 0.717) is 5.69 Å². The van der Waals surface area contributed by atoms with Crippen molar-refractivity contribution in [3.63, 3.8) is 0 Å². The van der Waals surface area contributed by atoms with Gasteiger partial charge in [0.05, 0.1) is 0 Å². The number of hydrogen-bond acceptors (Lipinski definition) is 2. The molecule has 3 aromatic rings. The van der Waals surface area contributed by atoms with Gasteiger partial charge in [0.25, 0.3) is 0 Å². The molecule has 0 aliphatic rings. The third kappa shape index (κ3) is 2.93. The molecule has 0 fully saturated rings. The largest absolute Gasteiger partial charge is 0.448 e. The van der Waals surface area contributed by atoms with Crippen LogP contribution in [0.15, 0.2) is 79.0 Å². The molecule has 110 valence electrons. The second-order valence-electron chi connectivity index (χ2n) is 5.11. The topological polar surface area (TPSA) is 31.2 Å². The van der Waals surface area contributed by atoms with Crippen LogP contribution in [0, 0.1) is 0 Å². The zero-order valence-corrected chi connectivity index (χ0v) is 12.3. The van der Waals surface area contributed by atoms with Crippen LogP contribution in [0.3, 0.4) is 0 Å². The summed E-state index contributed by atoms with van der Waals surface area (Å²) in [5.41, 5.74) is 2.45. The van der Waals surface area contributed by atoms with Crippen LogP contribution >= 0.6 is 0 Å². The number of benzene rings is 2. The Morgan fingerprint density at radius 2 is 1.41 bits per heavy atom. The number of rotatable bonds is 4. The molecular weight excluding hydrogens is 274 g/mol. The molecule has 3 heteroatoms. The van der Waals surface area contributed by atoms with E-state index in [0.717, 1.165) is 11.1 Å². The summed E-state index contributed by atoms with van der Waals surface area (Å²) >= 11 is 0. The van der Waals surface area contributed by atoms with Gasteiger partial charge in [0, 0.05) is 13.2 Å². The first-order valence-electron chi connectivity index (χ1n) is 7.18. The quantitative estimate of drug-likeness (QED) is 0.681. The Hall–Kier alpha value is -2.81. The summed E-state index contributed by atoms with van der Waals surface area (Å²) in [5.74, 6) is -0.329. The highest BCUT2D eigenvalue weighted by atomic mass is 16.5. The second kappa shape index (κ2) is 6.31. The summed E-state index contributed by atoms with van der Waals surface area (Å²) in [6, 6.07) is 23.1. The Balaban J connectivity index is 1.93. The minimum atomic E-state index is -0.412. The molecule has 0 saturated heterocycles. The number of nitrogens with zero attached hydrogens (tertiary/aromatic N) is 1.